The number of hydrogen-bond acceptors (Lipinski definition) is 5. The van der Waals surface area contributed by atoms with Crippen molar-refractivity contribution in [2.24, 2.45) is 0 Å². The number of carbonyl (C=O) groups is 1. The Kier molecular flexibility index (Phi) is 4.51. The van der Waals surface area contributed by atoms with Crippen LogP contribution in [0.25, 0.3) is 5.82 Å². The van der Waals surface area contributed by atoms with Crippen molar-refractivity contribution >= 4 is 5.97 Å². The van der Waals surface area contributed by atoms with Gasteiger partial charge in [-0.05, 0) is 24.3 Å². The Morgan fingerprint density at radius 3 is 2.83 bits per heavy atom. The summed E-state index contributed by atoms with van der Waals surface area (Å²) in [5, 5.41) is 0. The summed E-state index contributed by atoms with van der Waals surface area (Å²) in [5.41, 5.74) is 0.956. The number of pyridine rings is 1. The maximum absolute atomic E-state index is 13.3. The van der Waals surface area contributed by atoms with Gasteiger partial charge >= 0.3 is 5.97 Å². The van der Waals surface area contributed by atoms with Crippen molar-refractivity contribution in [3.63, 3.8) is 0 Å². The quantitative estimate of drug-likeness (QED) is 0.674. The number of carbonyl (C=O) groups excluding carboxylic acids is 1. The Morgan fingerprint density at radius 2 is 2.17 bits per heavy atom. The van der Waals surface area contributed by atoms with Gasteiger partial charge in [-0.2, -0.15) is 0 Å². The van der Waals surface area contributed by atoms with E-state index in [0.717, 1.165) is 11.6 Å². The first-order chi connectivity index (χ1) is 11.7. The zero-order chi connectivity index (χ0) is 16.9. The fourth-order valence-electron chi connectivity index (χ4n) is 2.07. The van der Waals surface area contributed by atoms with E-state index in [1.807, 2.05) is 0 Å². The molecule has 1 aromatic carbocycles. The minimum atomic E-state index is -0.563. The normalized spacial score (nSPS) is 10.4. The van der Waals surface area contributed by atoms with Crippen LogP contribution in [0.3, 0.4) is 0 Å². The highest BCUT2D eigenvalue weighted by atomic mass is 19.1. The van der Waals surface area contributed by atoms with Gasteiger partial charge in [0.05, 0.1) is 12.7 Å². The van der Waals surface area contributed by atoms with Crippen LogP contribution in [0.1, 0.15) is 15.9 Å². The first-order valence-electron chi connectivity index (χ1n) is 7.11. The number of imidazole rings is 1. The van der Waals surface area contributed by atoms with E-state index < -0.39 is 11.8 Å². The third-order valence-electron chi connectivity index (χ3n) is 3.33. The first-order valence-corrected chi connectivity index (χ1v) is 7.11. The number of benzene rings is 1. The van der Waals surface area contributed by atoms with E-state index in [0.29, 0.717) is 5.82 Å². The van der Waals surface area contributed by atoms with Crippen LogP contribution in [0.4, 0.5) is 4.39 Å². The molecule has 0 aliphatic carbocycles. The lowest BCUT2D eigenvalue weighted by Gasteiger charge is -2.07. The molecule has 0 N–H and O–H groups in total. The molecule has 122 valence electrons. The average Bonchev–Trinajstić information content (AvgIpc) is 3.15. The molecule has 2 aromatic heterocycles. The molecule has 24 heavy (non-hydrogen) atoms. The van der Waals surface area contributed by atoms with Crippen LogP contribution in [-0.4, -0.2) is 27.6 Å². The van der Waals surface area contributed by atoms with E-state index in [4.69, 9.17) is 9.47 Å². The zero-order valence-corrected chi connectivity index (χ0v) is 12.8. The molecular formula is C17H14FN3O3. The fraction of sp³-hybridized carbons (Fsp3) is 0.118. The molecule has 0 spiro atoms. The van der Waals surface area contributed by atoms with Gasteiger partial charge in [-0.25, -0.2) is 19.2 Å². The van der Waals surface area contributed by atoms with E-state index in [-0.39, 0.29) is 17.9 Å². The molecule has 0 aliphatic rings. The summed E-state index contributed by atoms with van der Waals surface area (Å²) in [5.74, 6) is -0.387. The molecule has 0 atom stereocenters. The standard InChI is InChI=1S/C17H14FN3O3/c1-23-15-8-13(3-4-14(15)18)17(22)24-10-12-2-5-16(20-9-12)21-7-6-19-11-21/h2-9,11H,10H2,1H3. The highest BCUT2D eigenvalue weighted by Crippen LogP contribution is 2.19. The second-order valence-electron chi connectivity index (χ2n) is 4.92. The van der Waals surface area contributed by atoms with Gasteiger partial charge in [0.15, 0.2) is 11.6 Å². The van der Waals surface area contributed by atoms with Crippen LogP contribution in [0.5, 0.6) is 5.75 Å². The lowest BCUT2D eigenvalue weighted by atomic mass is 10.2. The van der Waals surface area contributed by atoms with Gasteiger partial charge in [0.1, 0.15) is 18.8 Å². The van der Waals surface area contributed by atoms with Gasteiger partial charge in [-0.15, -0.1) is 0 Å². The molecule has 0 saturated heterocycles. The van der Waals surface area contributed by atoms with Crippen LogP contribution < -0.4 is 4.74 Å². The molecule has 2 heterocycles. The van der Waals surface area contributed by atoms with Gasteiger partial charge in [-0.1, -0.05) is 6.07 Å². The molecular weight excluding hydrogens is 313 g/mol. The maximum Gasteiger partial charge on any atom is 0.338 e. The molecule has 7 heteroatoms. The average molecular weight is 327 g/mol. The van der Waals surface area contributed by atoms with Crippen molar-refractivity contribution in [3.8, 4) is 11.6 Å². The molecule has 6 nitrogen and oxygen atoms in total. The fourth-order valence-corrected chi connectivity index (χ4v) is 2.07. The van der Waals surface area contributed by atoms with Crippen LogP contribution in [0, 0.1) is 5.82 Å². The number of esters is 1. The Hall–Kier alpha value is -3.22. The molecule has 0 radical (unpaired) electrons. The minimum Gasteiger partial charge on any atom is -0.494 e. The van der Waals surface area contributed by atoms with Crippen molar-refractivity contribution < 1.29 is 18.7 Å². The molecule has 0 aliphatic heterocycles. The summed E-state index contributed by atoms with van der Waals surface area (Å²) in [6.07, 6.45) is 6.70. The summed E-state index contributed by atoms with van der Waals surface area (Å²) in [4.78, 5) is 20.2. The highest BCUT2D eigenvalue weighted by Gasteiger charge is 2.11. The van der Waals surface area contributed by atoms with E-state index >= 15 is 0 Å². The molecule has 0 saturated carbocycles. The number of nitrogens with zero attached hydrogens (tertiary/aromatic N) is 3. The number of ether oxygens (including phenoxy) is 2. The van der Waals surface area contributed by atoms with E-state index in [1.54, 1.807) is 41.6 Å². The summed E-state index contributed by atoms with van der Waals surface area (Å²) in [6, 6.07) is 7.42. The Bertz CT molecular complexity index is 833. The van der Waals surface area contributed by atoms with E-state index in [2.05, 4.69) is 9.97 Å². The second-order valence-corrected chi connectivity index (χ2v) is 4.92. The number of hydrogen-bond donors (Lipinski definition) is 0. The highest BCUT2D eigenvalue weighted by molar-refractivity contribution is 5.89. The van der Waals surface area contributed by atoms with Gasteiger partial charge < -0.3 is 9.47 Å². The summed E-state index contributed by atoms with van der Waals surface area (Å²) < 4.78 is 25.2. The van der Waals surface area contributed by atoms with Crippen molar-refractivity contribution in [2.45, 2.75) is 6.61 Å². The topological polar surface area (TPSA) is 66.2 Å². The molecule has 0 bridgehead atoms. The molecule has 3 aromatic rings. The lowest BCUT2D eigenvalue weighted by molar-refractivity contribution is 0.0472. The van der Waals surface area contributed by atoms with Gasteiger partial charge in [-0.3, -0.25) is 4.57 Å². The monoisotopic (exact) mass is 327 g/mol. The Morgan fingerprint density at radius 1 is 1.29 bits per heavy atom. The van der Waals surface area contributed by atoms with Crippen LogP contribution in [0.2, 0.25) is 0 Å². The van der Waals surface area contributed by atoms with Crippen molar-refractivity contribution in [2.75, 3.05) is 7.11 Å². The SMILES string of the molecule is COc1cc(C(=O)OCc2ccc(-n3ccnc3)nc2)ccc1F. The van der Waals surface area contributed by atoms with Gasteiger partial charge in [0.25, 0.3) is 0 Å². The molecule has 3 rings (SSSR count). The predicted molar refractivity (Wildman–Crippen MR) is 83.4 cm³/mol. The number of aromatic nitrogens is 3. The second kappa shape index (κ2) is 6.91. The van der Waals surface area contributed by atoms with Crippen molar-refractivity contribution in [1.29, 1.82) is 0 Å². The van der Waals surface area contributed by atoms with E-state index in [1.165, 1.54) is 19.2 Å². The smallest absolute Gasteiger partial charge is 0.338 e. The number of halogens is 1. The minimum absolute atomic E-state index is 0.00389. The third-order valence-corrected chi connectivity index (χ3v) is 3.33. The molecule has 0 fully saturated rings. The van der Waals surface area contributed by atoms with Crippen molar-refractivity contribution in [1.82, 2.24) is 14.5 Å². The summed E-state index contributed by atoms with van der Waals surface area (Å²) in [7, 11) is 1.33. The lowest BCUT2D eigenvalue weighted by Crippen LogP contribution is -2.06. The van der Waals surface area contributed by atoms with Gasteiger partial charge in [0, 0.05) is 24.2 Å². The largest absolute Gasteiger partial charge is 0.494 e. The first kappa shape index (κ1) is 15.7. The predicted octanol–water partition coefficient (Wildman–Crippen LogP) is 2.77. The van der Waals surface area contributed by atoms with Crippen LogP contribution in [0.15, 0.2) is 55.2 Å². The van der Waals surface area contributed by atoms with Gasteiger partial charge in [0.2, 0.25) is 0 Å². The Labute approximate surface area is 137 Å². The molecule has 0 unspecified atom stereocenters. The number of methoxy groups -OCH3 is 1. The van der Waals surface area contributed by atoms with Crippen molar-refractivity contribution in [3.05, 3.63) is 72.2 Å². The number of rotatable bonds is 5. The van der Waals surface area contributed by atoms with Crippen LogP contribution >= 0.6 is 0 Å². The summed E-state index contributed by atoms with van der Waals surface area (Å²) in [6.45, 7) is 0.0652. The van der Waals surface area contributed by atoms with E-state index in [9.17, 15) is 9.18 Å². The van der Waals surface area contributed by atoms with Crippen LogP contribution in [-0.2, 0) is 11.3 Å². The summed E-state index contributed by atoms with van der Waals surface area (Å²) >= 11 is 0. The Balaban J connectivity index is 1.64. The maximum atomic E-state index is 13.3. The zero-order valence-electron chi connectivity index (χ0n) is 12.8. The molecule has 0 amide bonds. The third kappa shape index (κ3) is 3.40.